The van der Waals surface area contributed by atoms with Gasteiger partial charge in [-0.05, 0) is 0 Å². The molecule has 0 fully saturated rings. The Bertz CT molecular complexity index is 1800. The molecule has 0 saturated carbocycles. The van der Waals surface area contributed by atoms with E-state index in [1.165, 1.54) is 33.4 Å². The van der Waals surface area contributed by atoms with Crippen molar-refractivity contribution in [3.05, 3.63) is 161 Å². The van der Waals surface area contributed by atoms with Gasteiger partial charge in [-0.3, -0.25) is 0 Å². The molecule has 225 valence electrons. The van der Waals surface area contributed by atoms with Crippen LogP contribution in [0.4, 0.5) is 0 Å². The number of allylic oxidation sites excluding steroid dienone is 2. The summed E-state index contributed by atoms with van der Waals surface area (Å²) in [5, 5.41) is 1.64. The van der Waals surface area contributed by atoms with Gasteiger partial charge in [-0.25, -0.2) is 0 Å². The van der Waals surface area contributed by atoms with Crippen molar-refractivity contribution in [2.45, 2.75) is 49.8 Å². The van der Waals surface area contributed by atoms with Gasteiger partial charge in [0.25, 0.3) is 0 Å². The van der Waals surface area contributed by atoms with E-state index in [-0.39, 0.29) is 0 Å². The molecule has 2 aliphatic rings. The van der Waals surface area contributed by atoms with E-state index < -0.39 is 23.9 Å². The number of fused-ring (bicyclic) bond motifs is 2. The third-order valence-electron chi connectivity index (χ3n) is 11.8. The van der Waals surface area contributed by atoms with Crippen LogP contribution in [0.3, 0.4) is 0 Å². The molecule has 0 aromatic heterocycles. The van der Waals surface area contributed by atoms with E-state index in [1.54, 1.807) is 27.5 Å². The molecule has 2 heteroatoms. The second-order valence-electron chi connectivity index (χ2n) is 14.2. The van der Waals surface area contributed by atoms with Crippen LogP contribution in [0.2, 0.25) is 15.8 Å². The summed E-state index contributed by atoms with van der Waals surface area (Å²) < 4.78 is 6.84. The first-order valence-electron chi connectivity index (χ1n) is 16.9. The number of hydrogen-bond donors (Lipinski definition) is 0. The topological polar surface area (TPSA) is 0 Å². The molecule has 0 nitrogen and oxygen atoms in total. The van der Waals surface area contributed by atoms with Gasteiger partial charge >= 0.3 is 274 Å². The molecule has 3 unspecified atom stereocenters. The maximum atomic E-state index is 2.90. The van der Waals surface area contributed by atoms with Crippen molar-refractivity contribution in [2.75, 3.05) is 0 Å². The summed E-state index contributed by atoms with van der Waals surface area (Å²) in [6.45, 7) is 7.55. The van der Waals surface area contributed by atoms with Gasteiger partial charge in [0.1, 0.15) is 0 Å². The average molecular weight is 681 g/mol. The molecule has 5 aromatic rings. The van der Waals surface area contributed by atoms with Crippen molar-refractivity contribution >= 4 is 23.3 Å². The van der Waals surface area contributed by atoms with E-state index in [2.05, 4.69) is 169 Å². The summed E-state index contributed by atoms with van der Waals surface area (Å²) in [4.78, 5) is 0. The van der Waals surface area contributed by atoms with E-state index in [1.807, 2.05) is 0 Å². The molecule has 3 atom stereocenters. The molecular weight excluding hydrogens is 636 g/mol. The minimum absolute atomic E-state index is 0.517. The average Bonchev–Trinajstić information content (AvgIpc) is 3.69. The Kier molecular flexibility index (Phi) is 7.95. The predicted molar refractivity (Wildman–Crippen MR) is 197 cm³/mol. The molecule has 0 radical (unpaired) electrons. The van der Waals surface area contributed by atoms with Gasteiger partial charge in [0, 0.05) is 0 Å². The van der Waals surface area contributed by atoms with Crippen LogP contribution in [0.25, 0.3) is 34.4 Å². The molecule has 0 saturated heterocycles. The Balaban J connectivity index is 1.51. The first-order chi connectivity index (χ1) is 21.9. The molecule has 0 bridgehead atoms. The first-order valence-corrected chi connectivity index (χ1v) is 31.2. The summed E-state index contributed by atoms with van der Waals surface area (Å²) in [6.07, 6.45) is 7.45. The van der Waals surface area contributed by atoms with Crippen LogP contribution < -0.4 is 5.19 Å². The first kappa shape index (κ1) is 30.3. The van der Waals surface area contributed by atoms with Crippen LogP contribution in [-0.4, -0.2) is 5.92 Å². The summed E-state index contributed by atoms with van der Waals surface area (Å²) in [5.41, 5.74) is 14.9. The van der Waals surface area contributed by atoms with E-state index in [0.29, 0.717) is 7.25 Å². The molecule has 7 rings (SSSR count). The van der Waals surface area contributed by atoms with Crippen LogP contribution >= 0.6 is 0 Å². The zero-order chi connectivity index (χ0) is 31.2. The quantitative estimate of drug-likeness (QED) is 0.143. The summed E-state index contributed by atoms with van der Waals surface area (Å²) >= 11 is -4.00. The Morgan fingerprint density at radius 3 is 1.31 bits per heavy atom. The maximum absolute atomic E-state index is 4.00. The summed E-state index contributed by atoms with van der Waals surface area (Å²) in [5.74, 6) is -1.49. The molecule has 0 heterocycles. The third-order valence-corrected chi connectivity index (χ3v) is 54.7. The molecular formula is C43H45SiZr. The van der Waals surface area contributed by atoms with Crippen molar-refractivity contribution in [3.8, 4) is 22.3 Å². The molecule has 45 heavy (non-hydrogen) atoms. The molecule has 0 N–H and O–H groups in total. The fraction of sp³-hybridized carbons (Fsp3) is 0.209. The Hall–Kier alpha value is -3.32. The summed E-state index contributed by atoms with van der Waals surface area (Å²) in [7, 11) is 0. The zero-order valence-corrected chi connectivity index (χ0v) is 31.0. The van der Waals surface area contributed by atoms with Gasteiger partial charge in [0.15, 0.2) is 0 Å². The number of benzene rings is 5. The third kappa shape index (κ3) is 4.79. The van der Waals surface area contributed by atoms with Gasteiger partial charge in [-0.15, -0.1) is 0 Å². The molecule has 0 amide bonds. The van der Waals surface area contributed by atoms with Crippen LogP contribution in [0.1, 0.15) is 56.2 Å². The van der Waals surface area contributed by atoms with E-state index in [4.69, 9.17) is 0 Å². The fourth-order valence-corrected chi connectivity index (χ4v) is 47.5. The SMILES string of the molecule is CCC1=Cc2c(-c3ccccc3)cccc2[CH]1[Zr]([CH3])([CH3])([CH]1C(CC)=Cc2c(-c3ccccc3)cccc21)[SiH](C)c1ccccc1. The van der Waals surface area contributed by atoms with Crippen molar-refractivity contribution in [3.63, 3.8) is 0 Å². The van der Waals surface area contributed by atoms with Crippen LogP contribution in [-0.2, 0) is 17.9 Å². The Labute approximate surface area is 272 Å². The van der Waals surface area contributed by atoms with Crippen molar-refractivity contribution < 1.29 is 17.9 Å². The second kappa shape index (κ2) is 11.8. The second-order valence-corrected chi connectivity index (χ2v) is 49.8. The Morgan fingerprint density at radius 1 is 0.511 bits per heavy atom. The van der Waals surface area contributed by atoms with E-state index >= 15 is 0 Å². The van der Waals surface area contributed by atoms with Gasteiger partial charge in [0.2, 0.25) is 0 Å². The predicted octanol–water partition coefficient (Wildman–Crippen LogP) is 11.5. The van der Waals surface area contributed by atoms with Crippen molar-refractivity contribution in [1.82, 2.24) is 0 Å². The molecule has 0 spiro atoms. The van der Waals surface area contributed by atoms with Crippen LogP contribution in [0.5, 0.6) is 0 Å². The number of rotatable bonds is 8. The zero-order valence-electron chi connectivity index (χ0n) is 27.4. The molecule has 5 aromatic carbocycles. The molecule has 2 aliphatic carbocycles. The molecule has 0 aliphatic heterocycles. The summed E-state index contributed by atoms with van der Waals surface area (Å²) in [6, 6.07) is 48.2. The van der Waals surface area contributed by atoms with Gasteiger partial charge in [0.05, 0.1) is 0 Å². The van der Waals surface area contributed by atoms with Crippen LogP contribution in [0, 0.1) is 0 Å². The monoisotopic (exact) mass is 679 g/mol. The standard InChI is InChI=1S/2C17H15.C7H9Si.2CH3.Zr/c2*1-2-13-11-15-9-6-10-16(17(15)12-13)14-7-4-3-5-8-14;1-8-7-5-3-2-4-6-7;;;/h2*3-12H,2H2,1H3;2-6,8H,1H3;2*1H3;. The normalized spacial score (nSPS) is 18.7. The van der Waals surface area contributed by atoms with Gasteiger partial charge in [-0.2, -0.15) is 0 Å². The van der Waals surface area contributed by atoms with E-state index in [0.717, 1.165) is 12.8 Å². The van der Waals surface area contributed by atoms with Crippen molar-refractivity contribution in [2.24, 2.45) is 0 Å². The van der Waals surface area contributed by atoms with E-state index in [9.17, 15) is 0 Å². The van der Waals surface area contributed by atoms with Gasteiger partial charge < -0.3 is 0 Å². The minimum atomic E-state index is -4.00. The van der Waals surface area contributed by atoms with Gasteiger partial charge in [-0.1, -0.05) is 0 Å². The number of hydrogen-bond acceptors (Lipinski definition) is 0. The Morgan fingerprint density at radius 2 is 0.911 bits per heavy atom. The van der Waals surface area contributed by atoms with Crippen LogP contribution in [0.15, 0.2) is 139 Å². The fourth-order valence-electron chi connectivity index (χ4n) is 9.36. The van der Waals surface area contributed by atoms with Crippen molar-refractivity contribution in [1.29, 1.82) is 0 Å².